The smallest absolute Gasteiger partial charge is 0.130 e. The van der Waals surface area contributed by atoms with E-state index in [4.69, 9.17) is 0 Å². The summed E-state index contributed by atoms with van der Waals surface area (Å²) in [5, 5.41) is 0. The third-order valence-corrected chi connectivity index (χ3v) is 1.92. The minimum Gasteiger partial charge on any atom is -0.334 e. The summed E-state index contributed by atoms with van der Waals surface area (Å²) in [7, 11) is 0. The molecule has 1 unspecified atom stereocenters. The first kappa shape index (κ1) is 5.65. The highest BCUT2D eigenvalue weighted by molar-refractivity contribution is 5.60. The molecule has 1 aliphatic rings. The van der Waals surface area contributed by atoms with Crippen LogP contribution in [0.2, 0.25) is 0 Å². The molecule has 0 spiro atoms. The Morgan fingerprint density at radius 2 is 2.70 bits per heavy atom. The number of nitrogens with zero attached hydrogens (tertiary/aromatic N) is 2. The van der Waals surface area contributed by atoms with Crippen molar-refractivity contribution in [1.82, 2.24) is 9.55 Å². The van der Waals surface area contributed by atoms with Crippen LogP contribution in [0.4, 0.5) is 0 Å². The molecule has 0 bridgehead atoms. The van der Waals surface area contributed by atoms with Gasteiger partial charge in [0.1, 0.15) is 12.1 Å². The molecule has 1 aromatic rings. The van der Waals surface area contributed by atoms with Crippen molar-refractivity contribution in [3.05, 3.63) is 18.2 Å². The summed E-state index contributed by atoms with van der Waals surface area (Å²) >= 11 is 0. The van der Waals surface area contributed by atoms with E-state index in [0.29, 0.717) is 0 Å². The first-order valence-electron chi connectivity index (χ1n) is 3.38. The van der Waals surface area contributed by atoms with Crippen molar-refractivity contribution < 1.29 is 4.79 Å². The molecule has 0 amide bonds. The Morgan fingerprint density at radius 3 is 3.50 bits per heavy atom. The van der Waals surface area contributed by atoms with E-state index in [-0.39, 0.29) is 5.92 Å². The molecular formula is C7H8N2O. The summed E-state index contributed by atoms with van der Waals surface area (Å²) in [6, 6.07) is 0. The third-order valence-electron chi connectivity index (χ3n) is 1.92. The van der Waals surface area contributed by atoms with E-state index in [9.17, 15) is 4.79 Å². The van der Waals surface area contributed by atoms with E-state index in [2.05, 4.69) is 4.98 Å². The van der Waals surface area contributed by atoms with Crippen molar-refractivity contribution in [3.8, 4) is 0 Å². The van der Waals surface area contributed by atoms with Crippen LogP contribution in [0, 0.1) is 0 Å². The SMILES string of the molecule is O=CC1CCn2ccnc21. The van der Waals surface area contributed by atoms with Crippen molar-refractivity contribution in [1.29, 1.82) is 0 Å². The van der Waals surface area contributed by atoms with Gasteiger partial charge in [-0.25, -0.2) is 4.98 Å². The van der Waals surface area contributed by atoms with Crippen molar-refractivity contribution in [2.75, 3.05) is 0 Å². The van der Waals surface area contributed by atoms with Gasteiger partial charge in [-0.1, -0.05) is 0 Å². The number of carbonyl (C=O) groups is 1. The summed E-state index contributed by atoms with van der Waals surface area (Å²) in [4.78, 5) is 14.5. The molecule has 2 heterocycles. The highest BCUT2D eigenvalue weighted by atomic mass is 16.1. The molecule has 0 fully saturated rings. The maximum atomic E-state index is 10.4. The van der Waals surface area contributed by atoms with Gasteiger partial charge in [-0.05, 0) is 6.42 Å². The average molecular weight is 136 g/mol. The zero-order chi connectivity index (χ0) is 6.97. The lowest BCUT2D eigenvalue weighted by atomic mass is 10.1. The number of aldehydes is 1. The molecule has 1 aliphatic heterocycles. The largest absolute Gasteiger partial charge is 0.334 e. The topological polar surface area (TPSA) is 34.9 Å². The molecule has 0 saturated carbocycles. The van der Waals surface area contributed by atoms with Crippen LogP contribution in [0.15, 0.2) is 12.4 Å². The number of hydrogen-bond acceptors (Lipinski definition) is 2. The Kier molecular flexibility index (Phi) is 1.09. The minimum absolute atomic E-state index is 0.0509. The number of carbonyl (C=O) groups excluding carboxylic acids is 1. The van der Waals surface area contributed by atoms with Gasteiger partial charge in [0, 0.05) is 18.9 Å². The van der Waals surface area contributed by atoms with Gasteiger partial charge in [-0.3, -0.25) is 0 Å². The van der Waals surface area contributed by atoms with Crippen LogP contribution < -0.4 is 0 Å². The fourth-order valence-electron chi connectivity index (χ4n) is 1.37. The summed E-state index contributed by atoms with van der Waals surface area (Å²) < 4.78 is 2.03. The zero-order valence-electron chi connectivity index (χ0n) is 5.53. The average Bonchev–Trinajstić information content (AvgIpc) is 2.44. The van der Waals surface area contributed by atoms with Crippen LogP contribution in [0.25, 0.3) is 0 Å². The molecule has 10 heavy (non-hydrogen) atoms. The molecule has 0 aliphatic carbocycles. The van der Waals surface area contributed by atoms with Gasteiger partial charge in [0.2, 0.25) is 0 Å². The Labute approximate surface area is 58.7 Å². The molecular weight excluding hydrogens is 128 g/mol. The Hall–Kier alpha value is -1.12. The third kappa shape index (κ3) is 0.602. The van der Waals surface area contributed by atoms with E-state index in [1.807, 2.05) is 10.8 Å². The van der Waals surface area contributed by atoms with E-state index in [0.717, 1.165) is 25.1 Å². The van der Waals surface area contributed by atoms with Crippen molar-refractivity contribution in [3.63, 3.8) is 0 Å². The zero-order valence-corrected chi connectivity index (χ0v) is 5.53. The second-order valence-corrected chi connectivity index (χ2v) is 2.51. The Bertz CT molecular complexity index is 254. The number of hydrogen-bond donors (Lipinski definition) is 0. The quantitative estimate of drug-likeness (QED) is 0.529. The molecule has 0 aromatic carbocycles. The van der Waals surface area contributed by atoms with Crippen LogP contribution in [0.1, 0.15) is 18.2 Å². The van der Waals surface area contributed by atoms with Gasteiger partial charge < -0.3 is 9.36 Å². The maximum absolute atomic E-state index is 10.4. The van der Waals surface area contributed by atoms with Crippen LogP contribution >= 0.6 is 0 Å². The lowest BCUT2D eigenvalue weighted by Gasteiger charge is -1.93. The first-order valence-corrected chi connectivity index (χ1v) is 3.38. The molecule has 52 valence electrons. The van der Waals surface area contributed by atoms with Gasteiger partial charge in [-0.15, -0.1) is 0 Å². The second-order valence-electron chi connectivity index (χ2n) is 2.51. The van der Waals surface area contributed by atoms with Crippen LogP contribution in [-0.4, -0.2) is 15.8 Å². The van der Waals surface area contributed by atoms with E-state index < -0.39 is 0 Å². The highest BCUT2D eigenvalue weighted by Crippen LogP contribution is 2.23. The number of rotatable bonds is 1. The van der Waals surface area contributed by atoms with Gasteiger partial charge >= 0.3 is 0 Å². The van der Waals surface area contributed by atoms with Gasteiger partial charge in [0.15, 0.2) is 0 Å². The Balaban J connectivity index is 2.43. The molecule has 2 rings (SSSR count). The Morgan fingerprint density at radius 1 is 1.80 bits per heavy atom. The molecule has 0 N–H and O–H groups in total. The molecule has 0 radical (unpaired) electrons. The van der Waals surface area contributed by atoms with Crippen LogP contribution in [0.3, 0.4) is 0 Å². The summed E-state index contributed by atoms with van der Waals surface area (Å²) in [5.41, 5.74) is 0. The molecule has 3 heteroatoms. The molecule has 0 saturated heterocycles. The van der Waals surface area contributed by atoms with Crippen molar-refractivity contribution in [2.45, 2.75) is 18.9 Å². The summed E-state index contributed by atoms with van der Waals surface area (Å²) in [6.07, 6.45) is 5.56. The molecule has 1 aromatic heterocycles. The van der Waals surface area contributed by atoms with E-state index in [1.54, 1.807) is 6.20 Å². The van der Waals surface area contributed by atoms with E-state index in [1.165, 1.54) is 0 Å². The fourth-order valence-corrected chi connectivity index (χ4v) is 1.37. The van der Waals surface area contributed by atoms with E-state index >= 15 is 0 Å². The normalized spacial score (nSPS) is 22.6. The number of imidazole rings is 1. The van der Waals surface area contributed by atoms with Gasteiger partial charge in [0.25, 0.3) is 0 Å². The monoisotopic (exact) mass is 136 g/mol. The lowest BCUT2D eigenvalue weighted by molar-refractivity contribution is -0.109. The summed E-state index contributed by atoms with van der Waals surface area (Å²) in [6.45, 7) is 0.943. The van der Waals surface area contributed by atoms with Crippen molar-refractivity contribution >= 4 is 6.29 Å². The fraction of sp³-hybridized carbons (Fsp3) is 0.429. The van der Waals surface area contributed by atoms with Crippen LogP contribution in [0.5, 0.6) is 0 Å². The highest BCUT2D eigenvalue weighted by Gasteiger charge is 2.21. The molecule has 1 atom stereocenters. The standard InChI is InChI=1S/C7H8N2O/c10-5-6-1-3-9-4-2-8-7(6)9/h2,4-6H,1,3H2. The minimum atomic E-state index is 0.0509. The lowest BCUT2D eigenvalue weighted by Crippen LogP contribution is -1.95. The molecule has 3 nitrogen and oxygen atoms in total. The number of fused-ring (bicyclic) bond motifs is 1. The predicted octanol–water partition coefficient (Wildman–Crippen LogP) is 0.569. The summed E-state index contributed by atoms with van der Waals surface area (Å²) in [5.74, 6) is 0.977. The van der Waals surface area contributed by atoms with Crippen LogP contribution in [-0.2, 0) is 11.3 Å². The predicted molar refractivity (Wildman–Crippen MR) is 35.6 cm³/mol. The van der Waals surface area contributed by atoms with Crippen molar-refractivity contribution in [2.24, 2.45) is 0 Å². The van der Waals surface area contributed by atoms with Gasteiger partial charge in [0.05, 0.1) is 5.92 Å². The second kappa shape index (κ2) is 1.94. The maximum Gasteiger partial charge on any atom is 0.130 e. The number of aromatic nitrogens is 2. The van der Waals surface area contributed by atoms with Gasteiger partial charge in [-0.2, -0.15) is 0 Å². The first-order chi connectivity index (χ1) is 4.92. The number of aryl methyl sites for hydroxylation is 1.